The zero-order valence-corrected chi connectivity index (χ0v) is 8.91. The zero-order chi connectivity index (χ0) is 9.76. The Balaban J connectivity index is 1.88. The summed E-state index contributed by atoms with van der Waals surface area (Å²) in [7, 11) is 1.94. The summed E-state index contributed by atoms with van der Waals surface area (Å²) in [5, 5.41) is 0. The summed E-state index contributed by atoms with van der Waals surface area (Å²) in [6, 6.07) is 1.66. The Bertz CT molecular complexity index is 256. The molecule has 3 aliphatic heterocycles. The van der Waals surface area contributed by atoms with Crippen LogP contribution in [0.15, 0.2) is 0 Å². The Kier molecular flexibility index (Phi) is 1.69. The van der Waals surface area contributed by atoms with E-state index in [1.54, 1.807) is 0 Å². The molecule has 0 aromatic carbocycles. The van der Waals surface area contributed by atoms with Gasteiger partial charge in [0.2, 0.25) is 0 Å². The fraction of sp³-hybridized carbons (Fsp3) is 0.909. The molecule has 0 aromatic heterocycles. The SMILES string of the molecule is CN1CC[N+]2(CC1=O)C1CCC2CC1. The maximum atomic E-state index is 11.8. The predicted octanol–water partition coefficient (Wildman–Crippen LogP) is 0.600. The van der Waals surface area contributed by atoms with E-state index < -0.39 is 0 Å². The van der Waals surface area contributed by atoms with Gasteiger partial charge in [-0.3, -0.25) is 4.79 Å². The molecule has 3 nitrogen and oxygen atoms in total. The number of hydrogen-bond acceptors (Lipinski definition) is 1. The Hall–Kier alpha value is -0.570. The van der Waals surface area contributed by atoms with Gasteiger partial charge in [-0.05, 0) is 0 Å². The molecule has 0 radical (unpaired) electrons. The molecule has 0 aromatic rings. The van der Waals surface area contributed by atoms with Crippen molar-refractivity contribution >= 4 is 5.91 Å². The Morgan fingerprint density at radius 2 is 1.79 bits per heavy atom. The summed E-state index contributed by atoms with van der Waals surface area (Å²) in [5.41, 5.74) is 0. The van der Waals surface area contributed by atoms with Crippen molar-refractivity contribution < 1.29 is 9.28 Å². The average Bonchev–Trinajstić information content (AvgIpc) is 2.68. The molecule has 0 unspecified atom stereocenters. The smallest absolute Gasteiger partial charge is 0.277 e. The van der Waals surface area contributed by atoms with Crippen molar-refractivity contribution in [2.24, 2.45) is 0 Å². The summed E-state index contributed by atoms with van der Waals surface area (Å²) in [4.78, 5) is 13.7. The van der Waals surface area contributed by atoms with Crippen LogP contribution in [0.5, 0.6) is 0 Å². The molecule has 1 amide bonds. The number of carbonyl (C=O) groups is 1. The lowest BCUT2D eigenvalue weighted by Crippen LogP contribution is -2.63. The first kappa shape index (κ1) is 8.72. The van der Waals surface area contributed by atoms with Gasteiger partial charge < -0.3 is 9.38 Å². The predicted molar refractivity (Wildman–Crippen MR) is 53.7 cm³/mol. The van der Waals surface area contributed by atoms with Gasteiger partial charge >= 0.3 is 0 Å². The van der Waals surface area contributed by atoms with Crippen molar-refractivity contribution in [2.45, 2.75) is 37.8 Å². The van der Waals surface area contributed by atoms with Crippen molar-refractivity contribution in [3.63, 3.8) is 0 Å². The molecule has 78 valence electrons. The van der Waals surface area contributed by atoms with E-state index in [2.05, 4.69) is 0 Å². The largest absolute Gasteiger partial charge is 0.335 e. The maximum absolute atomic E-state index is 11.8. The highest BCUT2D eigenvalue weighted by Gasteiger charge is 2.56. The molecule has 3 rings (SSSR count). The van der Waals surface area contributed by atoms with E-state index in [1.807, 2.05) is 11.9 Å². The minimum atomic E-state index is 0.370. The van der Waals surface area contributed by atoms with E-state index in [-0.39, 0.29) is 0 Å². The van der Waals surface area contributed by atoms with Gasteiger partial charge in [0.15, 0.2) is 6.54 Å². The van der Waals surface area contributed by atoms with Crippen LogP contribution in [0, 0.1) is 0 Å². The number of nitrogens with zero attached hydrogens (tertiary/aromatic N) is 2. The summed E-state index contributed by atoms with van der Waals surface area (Å²) < 4.78 is 1.17. The lowest BCUT2D eigenvalue weighted by Gasteiger charge is -2.44. The summed E-state index contributed by atoms with van der Waals surface area (Å²) >= 11 is 0. The highest BCUT2D eigenvalue weighted by atomic mass is 16.2. The quantitative estimate of drug-likeness (QED) is 0.518. The van der Waals surface area contributed by atoms with Gasteiger partial charge in [-0.15, -0.1) is 0 Å². The highest BCUT2D eigenvalue weighted by Crippen LogP contribution is 2.45. The number of amides is 1. The number of likely N-dealkylation sites (N-methyl/N-ethyl adjacent to an activating group) is 1. The standard InChI is InChI=1S/C11H19N2O/c1-12-6-7-13(8-11(12)14)9-2-3-10(13)5-4-9/h9-10H,2-8H2,1H3/q+1. The van der Waals surface area contributed by atoms with E-state index in [0.717, 1.165) is 25.2 Å². The van der Waals surface area contributed by atoms with Gasteiger partial charge in [-0.25, -0.2) is 0 Å². The summed E-state index contributed by atoms with van der Waals surface area (Å²) in [6.45, 7) is 3.00. The number of piperazine rings is 1. The first-order valence-electron chi connectivity index (χ1n) is 5.83. The molecule has 2 bridgehead atoms. The lowest BCUT2D eigenvalue weighted by atomic mass is 10.0. The third kappa shape index (κ3) is 0.937. The van der Waals surface area contributed by atoms with Crippen LogP contribution in [-0.4, -0.2) is 54.1 Å². The van der Waals surface area contributed by atoms with Gasteiger partial charge in [-0.2, -0.15) is 0 Å². The average molecular weight is 195 g/mol. The highest BCUT2D eigenvalue weighted by molar-refractivity contribution is 5.77. The summed E-state index contributed by atoms with van der Waals surface area (Å²) in [6.07, 6.45) is 5.51. The Labute approximate surface area is 85.3 Å². The fourth-order valence-corrected chi connectivity index (χ4v) is 3.92. The van der Waals surface area contributed by atoms with E-state index in [0.29, 0.717) is 5.91 Å². The van der Waals surface area contributed by atoms with Gasteiger partial charge in [0, 0.05) is 32.7 Å². The molecule has 3 heterocycles. The molecule has 0 aliphatic carbocycles. The molecule has 3 aliphatic rings. The third-order valence-electron chi connectivity index (χ3n) is 4.83. The van der Waals surface area contributed by atoms with Crippen molar-refractivity contribution in [1.82, 2.24) is 4.90 Å². The van der Waals surface area contributed by atoms with Gasteiger partial charge in [0.1, 0.15) is 0 Å². The van der Waals surface area contributed by atoms with Gasteiger partial charge in [-0.1, -0.05) is 0 Å². The minimum absolute atomic E-state index is 0.370. The van der Waals surface area contributed by atoms with Gasteiger partial charge in [0.25, 0.3) is 5.91 Å². The molecule has 14 heavy (non-hydrogen) atoms. The van der Waals surface area contributed by atoms with E-state index >= 15 is 0 Å². The second-order valence-electron chi connectivity index (χ2n) is 5.26. The Morgan fingerprint density at radius 1 is 1.21 bits per heavy atom. The van der Waals surface area contributed by atoms with Crippen LogP contribution >= 0.6 is 0 Å². The lowest BCUT2D eigenvalue weighted by molar-refractivity contribution is -0.944. The number of rotatable bonds is 0. The molecule has 3 heteroatoms. The number of quaternary nitrogens is 1. The van der Waals surface area contributed by atoms with Crippen molar-refractivity contribution in [3.8, 4) is 0 Å². The Morgan fingerprint density at radius 3 is 2.29 bits per heavy atom. The van der Waals surface area contributed by atoms with Crippen LogP contribution < -0.4 is 0 Å². The number of carbonyl (C=O) groups excluding carboxylic acids is 1. The second kappa shape index (κ2) is 2.72. The van der Waals surface area contributed by atoms with Crippen LogP contribution in [0.3, 0.4) is 0 Å². The monoisotopic (exact) mass is 195 g/mol. The van der Waals surface area contributed by atoms with Crippen molar-refractivity contribution in [1.29, 1.82) is 0 Å². The minimum Gasteiger partial charge on any atom is -0.335 e. The molecule has 0 saturated carbocycles. The number of hydrogen-bond donors (Lipinski definition) is 0. The first-order valence-corrected chi connectivity index (χ1v) is 5.83. The van der Waals surface area contributed by atoms with Crippen LogP contribution in [0.4, 0.5) is 0 Å². The molecular weight excluding hydrogens is 176 g/mol. The van der Waals surface area contributed by atoms with Crippen LogP contribution in [0.25, 0.3) is 0 Å². The first-order chi connectivity index (χ1) is 6.72. The van der Waals surface area contributed by atoms with Gasteiger partial charge in [0.05, 0.1) is 25.2 Å². The normalized spacial score (nSPS) is 46.6. The fourth-order valence-electron chi connectivity index (χ4n) is 3.92. The topological polar surface area (TPSA) is 20.3 Å². The van der Waals surface area contributed by atoms with E-state index in [1.165, 1.54) is 36.7 Å². The molecule has 0 atom stereocenters. The molecular formula is C11H19N2O+. The second-order valence-corrected chi connectivity index (χ2v) is 5.26. The van der Waals surface area contributed by atoms with E-state index in [9.17, 15) is 4.79 Å². The molecule has 3 fully saturated rings. The zero-order valence-electron chi connectivity index (χ0n) is 8.91. The van der Waals surface area contributed by atoms with Crippen molar-refractivity contribution in [3.05, 3.63) is 0 Å². The van der Waals surface area contributed by atoms with E-state index in [4.69, 9.17) is 0 Å². The summed E-state index contributed by atoms with van der Waals surface area (Å²) in [5.74, 6) is 0.370. The molecule has 1 spiro atoms. The van der Waals surface area contributed by atoms with Crippen LogP contribution in [0.2, 0.25) is 0 Å². The third-order valence-corrected chi connectivity index (χ3v) is 4.83. The maximum Gasteiger partial charge on any atom is 0.277 e. The van der Waals surface area contributed by atoms with Crippen LogP contribution in [0.1, 0.15) is 25.7 Å². The van der Waals surface area contributed by atoms with Crippen LogP contribution in [-0.2, 0) is 4.79 Å². The van der Waals surface area contributed by atoms with Crippen molar-refractivity contribution in [2.75, 3.05) is 26.7 Å². The molecule has 0 N–H and O–H groups in total. The molecule has 3 saturated heterocycles.